The molecule has 1 fully saturated rings. The Morgan fingerprint density at radius 1 is 1.33 bits per heavy atom. The standard InChI is InChI=1S/C14H19N3O/c1-10-17-12-4-3-11(7-13(12)18-10)16-9-14(5-6-14)8-15-2/h3-4,7,15-16H,5-6,8-9H2,1-2H3. The van der Waals surface area contributed by atoms with E-state index in [1.807, 2.05) is 26.1 Å². The molecule has 0 amide bonds. The fraction of sp³-hybridized carbons (Fsp3) is 0.500. The van der Waals surface area contributed by atoms with Gasteiger partial charge in [0.15, 0.2) is 11.5 Å². The van der Waals surface area contributed by atoms with Gasteiger partial charge in [0.05, 0.1) is 0 Å². The van der Waals surface area contributed by atoms with Crippen LogP contribution in [0.4, 0.5) is 5.69 Å². The molecule has 0 aliphatic heterocycles. The van der Waals surface area contributed by atoms with Crippen molar-refractivity contribution in [1.29, 1.82) is 0 Å². The molecule has 3 rings (SSSR count). The van der Waals surface area contributed by atoms with Crippen molar-refractivity contribution in [3.63, 3.8) is 0 Å². The van der Waals surface area contributed by atoms with Gasteiger partial charge in [-0.3, -0.25) is 0 Å². The Bertz CT molecular complexity index is 557. The zero-order valence-corrected chi connectivity index (χ0v) is 10.9. The molecule has 0 saturated heterocycles. The van der Waals surface area contributed by atoms with Crippen LogP contribution in [-0.2, 0) is 0 Å². The lowest BCUT2D eigenvalue weighted by Gasteiger charge is -2.16. The largest absolute Gasteiger partial charge is 0.441 e. The number of nitrogens with one attached hydrogen (secondary N) is 2. The first-order valence-corrected chi connectivity index (χ1v) is 6.46. The molecule has 0 spiro atoms. The second-order valence-corrected chi connectivity index (χ2v) is 5.30. The number of aryl methyl sites for hydroxylation is 1. The van der Waals surface area contributed by atoms with Crippen molar-refractivity contribution in [2.45, 2.75) is 19.8 Å². The van der Waals surface area contributed by atoms with Crippen molar-refractivity contribution in [2.24, 2.45) is 5.41 Å². The van der Waals surface area contributed by atoms with E-state index >= 15 is 0 Å². The first-order chi connectivity index (χ1) is 8.71. The van der Waals surface area contributed by atoms with Gasteiger partial charge in [-0.05, 0) is 32.0 Å². The molecule has 1 aromatic carbocycles. The maximum Gasteiger partial charge on any atom is 0.192 e. The van der Waals surface area contributed by atoms with Gasteiger partial charge in [-0.25, -0.2) is 4.98 Å². The third kappa shape index (κ3) is 2.20. The average molecular weight is 245 g/mol. The summed E-state index contributed by atoms with van der Waals surface area (Å²) in [5, 5.41) is 6.78. The number of aromatic nitrogens is 1. The maximum absolute atomic E-state index is 5.54. The van der Waals surface area contributed by atoms with Crippen LogP contribution in [0.2, 0.25) is 0 Å². The number of nitrogens with zero attached hydrogens (tertiary/aromatic N) is 1. The molecular weight excluding hydrogens is 226 g/mol. The Morgan fingerprint density at radius 2 is 2.17 bits per heavy atom. The molecule has 1 saturated carbocycles. The summed E-state index contributed by atoms with van der Waals surface area (Å²) in [5.74, 6) is 0.719. The molecule has 0 bridgehead atoms. The summed E-state index contributed by atoms with van der Waals surface area (Å²) in [4.78, 5) is 4.30. The predicted octanol–water partition coefficient (Wildman–Crippen LogP) is 2.55. The van der Waals surface area contributed by atoms with Gasteiger partial charge >= 0.3 is 0 Å². The van der Waals surface area contributed by atoms with Crippen molar-refractivity contribution >= 4 is 16.8 Å². The van der Waals surface area contributed by atoms with Crippen LogP contribution in [-0.4, -0.2) is 25.1 Å². The molecule has 1 aliphatic rings. The molecular formula is C14H19N3O. The SMILES string of the molecule is CNCC1(CNc2ccc3nc(C)oc3c2)CC1. The summed E-state index contributed by atoms with van der Waals surface area (Å²) in [6.07, 6.45) is 2.62. The van der Waals surface area contributed by atoms with Crippen LogP contribution in [0.25, 0.3) is 11.1 Å². The van der Waals surface area contributed by atoms with E-state index in [4.69, 9.17) is 4.42 Å². The number of oxazole rings is 1. The lowest BCUT2D eigenvalue weighted by molar-refractivity contribution is 0.507. The monoisotopic (exact) mass is 245 g/mol. The molecule has 1 aromatic heterocycles. The topological polar surface area (TPSA) is 50.1 Å². The van der Waals surface area contributed by atoms with E-state index in [9.17, 15) is 0 Å². The Balaban J connectivity index is 1.71. The van der Waals surface area contributed by atoms with E-state index < -0.39 is 0 Å². The highest BCUT2D eigenvalue weighted by atomic mass is 16.3. The minimum absolute atomic E-state index is 0.459. The fourth-order valence-electron chi connectivity index (χ4n) is 2.41. The number of hydrogen-bond donors (Lipinski definition) is 2. The smallest absolute Gasteiger partial charge is 0.192 e. The third-order valence-electron chi connectivity index (χ3n) is 3.67. The summed E-state index contributed by atoms with van der Waals surface area (Å²) in [5.41, 5.74) is 3.35. The van der Waals surface area contributed by atoms with Crippen molar-refractivity contribution < 1.29 is 4.42 Å². The zero-order valence-electron chi connectivity index (χ0n) is 10.9. The van der Waals surface area contributed by atoms with Crippen LogP contribution in [0.3, 0.4) is 0 Å². The van der Waals surface area contributed by atoms with Gasteiger partial charge in [-0.1, -0.05) is 0 Å². The van der Waals surface area contributed by atoms with Crippen LogP contribution in [0.5, 0.6) is 0 Å². The second-order valence-electron chi connectivity index (χ2n) is 5.30. The molecule has 0 atom stereocenters. The van der Waals surface area contributed by atoms with E-state index in [1.54, 1.807) is 0 Å². The van der Waals surface area contributed by atoms with Crippen molar-refractivity contribution in [2.75, 3.05) is 25.5 Å². The van der Waals surface area contributed by atoms with Crippen LogP contribution in [0, 0.1) is 12.3 Å². The van der Waals surface area contributed by atoms with Gasteiger partial charge < -0.3 is 15.1 Å². The quantitative estimate of drug-likeness (QED) is 0.850. The predicted molar refractivity (Wildman–Crippen MR) is 72.8 cm³/mol. The van der Waals surface area contributed by atoms with Gasteiger partial charge in [0.1, 0.15) is 5.52 Å². The Labute approximate surface area is 107 Å². The molecule has 4 heteroatoms. The minimum Gasteiger partial charge on any atom is -0.441 e. The number of benzene rings is 1. The maximum atomic E-state index is 5.54. The van der Waals surface area contributed by atoms with Gasteiger partial charge in [0.2, 0.25) is 0 Å². The number of hydrogen-bond acceptors (Lipinski definition) is 4. The van der Waals surface area contributed by atoms with Crippen LogP contribution < -0.4 is 10.6 Å². The fourth-order valence-corrected chi connectivity index (χ4v) is 2.41. The average Bonchev–Trinajstić information content (AvgIpc) is 3.00. The third-order valence-corrected chi connectivity index (χ3v) is 3.67. The highest BCUT2D eigenvalue weighted by Crippen LogP contribution is 2.44. The summed E-state index contributed by atoms with van der Waals surface area (Å²) < 4.78 is 5.54. The molecule has 2 aromatic rings. The Morgan fingerprint density at radius 3 is 2.89 bits per heavy atom. The summed E-state index contributed by atoms with van der Waals surface area (Å²) in [6, 6.07) is 6.11. The molecule has 2 N–H and O–H groups in total. The van der Waals surface area contributed by atoms with Gasteiger partial charge in [0.25, 0.3) is 0 Å². The van der Waals surface area contributed by atoms with Crippen molar-refractivity contribution in [3.8, 4) is 0 Å². The van der Waals surface area contributed by atoms with E-state index in [1.165, 1.54) is 12.8 Å². The van der Waals surface area contributed by atoms with E-state index in [0.29, 0.717) is 5.41 Å². The lowest BCUT2D eigenvalue weighted by Crippen LogP contribution is -2.26. The number of anilines is 1. The summed E-state index contributed by atoms with van der Waals surface area (Å²) in [6.45, 7) is 3.98. The van der Waals surface area contributed by atoms with E-state index in [0.717, 1.165) is 35.8 Å². The number of rotatable bonds is 5. The van der Waals surface area contributed by atoms with Gasteiger partial charge in [-0.2, -0.15) is 0 Å². The lowest BCUT2D eigenvalue weighted by atomic mass is 10.1. The van der Waals surface area contributed by atoms with Crippen molar-refractivity contribution in [1.82, 2.24) is 10.3 Å². The summed E-state index contributed by atoms with van der Waals surface area (Å²) >= 11 is 0. The normalized spacial score (nSPS) is 17.0. The highest BCUT2D eigenvalue weighted by Gasteiger charge is 2.41. The first-order valence-electron chi connectivity index (χ1n) is 6.46. The van der Waals surface area contributed by atoms with Gasteiger partial charge in [0, 0.05) is 37.2 Å². The molecule has 18 heavy (non-hydrogen) atoms. The molecule has 1 aliphatic carbocycles. The zero-order chi connectivity index (χ0) is 12.6. The minimum atomic E-state index is 0.459. The van der Waals surface area contributed by atoms with Crippen molar-refractivity contribution in [3.05, 3.63) is 24.1 Å². The van der Waals surface area contributed by atoms with E-state index in [-0.39, 0.29) is 0 Å². The highest BCUT2D eigenvalue weighted by molar-refractivity contribution is 5.77. The first kappa shape index (κ1) is 11.5. The van der Waals surface area contributed by atoms with E-state index in [2.05, 4.69) is 21.7 Å². The van der Waals surface area contributed by atoms with Crippen LogP contribution in [0.15, 0.2) is 22.6 Å². The second kappa shape index (κ2) is 4.28. The Hall–Kier alpha value is -1.55. The summed E-state index contributed by atoms with van der Waals surface area (Å²) in [7, 11) is 2.02. The molecule has 96 valence electrons. The molecule has 1 heterocycles. The molecule has 0 unspecified atom stereocenters. The van der Waals surface area contributed by atoms with Crippen LogP contribution in [0.1, 0.15) is 18.7 Å². The Kier molecular flexibility index (Phi) is 2.74. The van der Waals surface area contributed by atoms with Gasteiger partial charge in [-0.15, -0.1) is 0 Å². The van der Waals surface area contributed by atoms with Crippen LogP contribution >= 0.6 is 0 Å². The number of fused-ring (bicyclic) bond motifs is 1. The molecule has 0 radical (unpaired) electrons. The molecule has 4 nitrogen and oxygen atoms in total.